The first-order valence-electron chi connectivity index (χ1n) is 4.92. The van der Waals surface area contributed by atoms with E-state index in [1.165, 1.54) is 12.1 Å². The van der Waals surface area contributed by atoms with Crippen LogP contribution in [0.4, 0.5) is 0 Å². The fourth-order valence-electron chi connectivity index (χ4n) is 1.13. The van der Waals surface area contributed by atoms with E-state index >= 15 is 0 Å². The van der Waals surface area contributed by atoms with Gasteiger partial charge in [0.25, 0.3) is 0 Å². The largest absolute Gasteiger partial charge is 0.492 e. The van der Waals surface area contributed by atoms with Gasteiger partial charge in [0.15, 0.2) is 0 Å². The Hall–Kier alpha value is -0.930. The summed E-state index contributed by atoms with van der Waals surface area (Å²) in [6, 6.07) is 2.91. The number of halogens is 2. The molecule has 3 nitrogen and oxygen atoms in total. The molecule has 1 aromatic carbocycles. The molecule has 1 N–H and O–H groups in total. The lowest BCUT2D eigenvalue weighted by Gasteiger charge is -2.09. The van der Waals surface area contributed by atoms with Gasteiger partial charge in [-0.15, -0.1) is 0 Å². The second kappa shape index (κ2) is 5.97. The molecule has 0 aromatic heterocycles. The van der Waals surface area contributed by atoms with Crippen LogP contribution in [0, 0.1) is 0 Å². The van der Waals surface area contributed by atoms with Gasteiger partial charge in [0.1, 0.15) is 10.8 Å². The van der Waals surface area contributed by atoms with E-state index in [1.807, 2.05) is 6.92 Å². The second-order valence-corrected chi connectivity index (χ2v) is 4.00. The molecule has 0 fully saturated rings. The van der Waals surface area contributed by atoms with Gasteiger partial charge < -0.3 is 9.84 Å². The number of unbranched alkanes of at least 4 members (excludes halogenated alkanes) is 1. The summed E-state index contributed by atoms with van der Waals surface area (Å²) in [7, 11) is 0. The van der Waals surface area contributed by atoms with Crippen molar-refractivity contribution < 1.29 is 14.6 Å². The lowest BCUT2D eigenvalue weighted by Crippen LogP contribution is -2.01. The molecule has 0 heterocycles. The van der Waals surface area contributed by atoms with Crippen molar-refractivity contribution in [3.05, 3.63) is 27.7 Å². The first-order chi connectivity index (χ1) is 7.57. The highest BCUT2D eigenvalue weighted by Gasteiger charge is 2.15. The van der Waals surface area contributed by atoms with E-state index in [2.05, 4.69) is 0 Å². The van der Waals surface area contributed by atoms with Crippen LogP contribution >= 0.6 is 23.2 Å². The zero-order chi connectivity index (χ0) is 12.1. The number of carboxylic acids is 1. The van der Waals surface area contributed by atoms with Gasteiger partial charge in [0.05, 0.1) is 17.2 Å². The third-order valence-electron chi connectivity index (χ3n) is 2.03. The SMILES string of the molecule is CCCCOc1ccc(C(=O)O)c(Cl)c1Cl. The van der Waals surface area contributed by atoms with Crippen LogP contribution in [0.2, 0.25) is 10.0 Å². The number of carboxylic acid groups (broad SMARTS) is 1. The Balaban J connectivity index is 2.89. The van der Waals surface area contributed by atoms with Crippen LogP contribution in [-0.4, -0.2) is 17.7 Å². The smallest absolute Gasteiger partial charge is 0.337 e. The van der Waals surface area contributed by atoms with E-state index in [9.17, 15) is 4.79 Å². The van der Waals surface area contributed by atoms with Gasteiger partial charge in [-0.1, -0.05) is 36.5 Å². The van der Waals surface area contributed by atoms with E-state index in [4.69, 9.17) is 33.0 Å². The standard InChI is InChI=1S/C11H12Cl2O3/c1-2-3-6-16-8-5-4-7(11(14)15)9(12)10(8)13/h4-5H,2-3,6H2,1H3,(H,14,15). The van der Waals surface area contributed by atoms with Crippen LogP contribution in [0.3, 0.4) is 0 Å². The molecule has 0 aliphatic rings. The van der Waals surface area contributed by atoms with Crippen LogP contribution in [0.25, 0.3) is 0 Å². The first-order valence-corrected chi connectivity index (χ1v) is 5.67. The van der Waals surface area contributed by atoms with E-state index in [0.717, 1.165) is 12.8 Å². The summed E-state index contributed by atoms with van der Waals surface area (Å²) in [6.45, 7) is 2.59. The van der Waals surface area contributed by atoms with Crippen LogP contribution in [-0.2, 0) is 0 Å². The molecule has 5 heteroatoms. The number of benzene rings is 1. The number of hydrogen-bond acceptors (Lipinski definition) is 2. The van der Waals surface area contributed by atoms with Gasteiger partial charge in [0, 0.05) is 0 Å². The first kappa shape index (κ1) is 13.1. The summed E-state index contributed by atoms with van der Waals surface area (Å²) in [6.07, 6.45) is 1.92. The highest BCUT2D eigenvalue weighted by atomic mass is 35.5. The average Bonchev–Trinajstić information content (AvgIpc) is 2.24. The van der Waals surface area contributed by atoms with E-state index < -0.39 is 5.97 Å². The molecule has 0 aliphatic heterocycles. The quantitative estimate of drug-likeness (QED) is 0.820. The molecule has 0 bridgehead atoms. The van der Waals surface area contributed by atoms with Crippen molar-refractivity contribution in [3.8, 4) is 5.75 Å². The Labute approximate surface area is 104 Å². The Morgan fingerprint density at radius 3 is 2.62 bits per heavy atom. The molecule has 0 aliphatic carbocycles. The Morgan fingerprint density at radius 2 is 2.06 bits per heavy atom. The van der Waals surface area contributed by atoms with Gasteiger partial charge >= 0.3 is 5.97 Å². The van der Waals surface area contributed by atoms with Crippen molar-refractivity contribution in [1.82, 2.24) is 0 Å². The lowest BCUT2D eigenvalue weighted by atomic mass is 10.2. The van der Waals surface area contributed by atoms with E-state index in [1.54, 1.807) is 0 Å². The molecule has 16 heavy (non-hydrogen) atoms. The maximum Gasteiger partial charge on any atom is 0.337 e. The highest BCUT2D eigenvalue weighted by molar-refractivity contribution is 6.44. The molecular formula is C11H12Cl2O3. The number of aromatic carboxylic acids is 1. The maximum absolute atomic E-state index is 10.8. The normalized spacial score (nSPS) is 10.2. The summed E-state index contributed by atoms with van der Waals surface area (Å²) in [5.74, 6) is -0.683. The van der Waals surface area contributed by atoms with Gasteiger partial charge in [-0.05, 0) is 18.6 Å². The predicted molar refractivity (Wildman–Crippen MR) is 63.8 cm³/mol. The minimum Gasteiger partial charge on any atom is -0.492 e. The van der Waals surface area contributed by atoms with Crippen LogP contribution in [0.15, 0.2) is 12.1 Å². The van der Waals surface area contributed by atoms with Gasteiger partial charge in [-0.25, -0.2) is 4.79 Å². The molecule has 0 atom stereocenters. The third kappa shape index (κ3) is 3.03. The monoisotopic (exact) mass is 262 g/mol. The zero-order valence-corrected chi connectivity index (χ0v) is 10.3. The summed E-state index contributed by atoms with van der Waals surface area (Å²) in [5.41, 5.74) is -0.0190. The fraction of sp³-hybridized carbons (Fsp3) is 0.364. The third-order valence-corrected chi connectivity index (χ3v) is 2.90. The van der Waals surface area contributed by atoms with Crippen molar-refractivity contribution in [2.24, 2.45) is 0 Å². The van der Waals surface area contributed by atoms with E-state index in [-0.39, 0.29) is 15.6 Å². The molecule has 88 valence electrons. The topological polar surface area (TPSA) is 46.5 Å². The second-order valence-electron chi connectivity index (χ2n) is 3.25. The molecule has 1 aromatic rings. The van der Waals surface area contributed by atoms with Crippen molar-refractivity contribution in [1.29, 1.82) is 0 Å². The Kier molecular flexibility index (Phi) is 4.90. The molecule has 0 radical (unpaired) electrons. The lowest BCUT2D eigenvalue weighted by molar-refractivity contribution is 0.0697. The van der Waals surface area contributed by atoms with Crippen molar-refractivity contribution in [2.75, 3.05) is 6.61 Å². The molecule has 0 saturated carbocycles. The summed E-state index contributed by atoms with van der Waals surface area (Å²) in [4.78, 5) is 10.8. The fourth-order valence-corrected chi connectivity index (χ4v) is 1.59. The molecule has 0 amide bonds. The van der Waals surface area contributed by atoms with Crippen molar-refractivity contribution in [2.45, 2.75) is 19.8 Å². The van der Waals surface area contributed by atoms with Gasteiger partial charge in [-0.2, -0.15) is 0 Å². The van der Waals surface area contributed by atoms with Crippen LogP contribution in [0.1, 0.15) is 30.1 Å². The maximum atomic E-state index is 10.8. The van der Waals surface area contributed by atoms with Gasteiger partial charge in [0.2, 0.25) is 0 Å². The summed E-state index contributed by atoms with van der Waals surface area (Å²) in [5, 5.41) is 8.98. The molecule has 1 rings (SSSR count). The number of rotatable bonds is 5. The Morgan fingerprint density at radius 1 is 1.38 bits per heavy atom. The number of ether oxygens (including phenoxy) is 1. The van der Waals surface area contributed by atoms with Crippen LogP contribution < -0.4 is 4.74 Å². The summed E-state index contributed by atoms with van der Waals surface area (Å²) >= 11 is 11.7. The molecular weight excluding hydrogens is 251 g/mol. The number of hydrogen-bond donors (Lipinski definition) is 1. The highest BCUT2D eigenvalue weighted by Crippen LogP contribution is 2.34. The minimum atomic E-state index is -1.10. The van der Waals surface area contributed by atoms with Gasteiger partial charge in [-0.3, -0.25) is 0 Å². The molecule has 0 unspecified atom stereocenters. The predicted octanol–water partition coefficient (Wildman–Crippen LogP) is 3.87. The van der Waals surface area contributed by atoms with Crippen molar-refractivity contribution >= 4 is 29.2 Å². The zero-order valence-electron chi connectivity index (χ0n) is 8.80. The summed E-state index contributed by atoms with van der Waals surface area (Å²) < 4.78 is 5.38. The van der Waals surface area contributed by atoms with Crippen molar-refractivity contribution in [3.63, 3.8) is 0 Å². The average molecular weight is 263 g/mol. The number of carbonyl (C=O) groups is 1. The minimum absolute atomic E-state index is 0.0168. The van der Waals surface area contributed by atoms with E-state index in [0.29, 0.717) is 12.4 Å². The molecule has 0 spiro atoms. The molecule has 0 saturated heterocycles. The van der Waals surface area contributed by atoms with Crippen LogP contribution in [0.5, 0.6) is 5.75 Å². The Bertz CT molecular complexity index is 391.